The predicted molar refractivity (Wildman–Crippen MR) is 47.0 cm³/mol. The van der Waals surface area contributed by atoms with Gasteiger partial charge in [0.25, 0.3) is 0 Å². The van der Waals surface area contributed by atoms with Crippen molar-refractivity contribution in [2.75, 3.05) is 0 Å². The van der Waals surface area contributed by atoms with Gasteiger partial charge in [0.05, 0.1) is 26.4 Å². The molecule has 11 heavy (non-hydrogen) atoms. The Labute approximate surface area is 79.0 Å². The lowest BCUT2D eigenvalue weighted by Crippen LogP contribution is -1.80. The van der Waals surface area contributed by atoms with Crippen molar-refractivity contribution in [2.24, 2.45) is 0 Å². The Morgan fingerprint density at radius 3 is 2.09 bits per heavy atom. The Bertz CT molecular complexity index is 272. The van der Waals surface area contributed by atoms with Gasteiger partial charge in [-0.15, -0.1) is 0 Å². The third-order valence-electron chi connectivity index (χ3n) is 1.16. The van der Waals surface area contributed by atoms with Crippen LogP contribution < -0.4 is 11.5 Å². The zero-order valence-electron chi connectivity index (χ0n) is 5.21. The maximum Gasteiger partial charge on any atom is 0.0992 e. The first kappa shape index (κ1) is 8.78. The van der Waals surface area contributed by atoms with Gasteiger partial charge >= 0.3 is 0 Å². The van der Waals surface area contributed by atoms with E-state index < -0.39 is 0 Å². The van der Waals surface area contributed by atoms with Crippen molar-refractivity contribution in [1.82, 2.24) is 11.5 Å². The first-order valence-electron chi connectivity index (χ1n) is 2.64. The minimum Gasteiger partial charge on any atom is -0.299 e. The Balaban J connectivity index is 3.46. The Kier molecular flexibility index (Phi) is 2.37. The van der Waals surface area contributed by atoms with Gasteiger partial charge in [0.15, 0.2) is 0 Å². The van der Waals surface area contributed by atoms with Gasteiger partial charge < -0.3 is 0 Å². The molecule has 5 heteroatoms. The summed E-state index contributed by atoms with van der Waals surface area (Å²) in [5, 5.41) is 0.371. The van der Waals surface area contributed by atoms with Crippen LogP contribution in [-0.2, 0) is 0 Å². The number of hydrogen-bond donors (Lipinski definition) is 0. The second-order valence-electron chi connectivity index (χ2n) is 1.91. The number of nitrogens with one attached hydrogen (secondary N) is 2. The summed E-state index contributed by atoms with van der Waals surface area (Å²) in [7, 11) is 0. The maximum absolute atomic E-state index is 7.22. The van der Waals surface area contributed by atoms with Crippen molar-refractivity contribution in [1.29, 1.82) is 0 Å². The quantitative estimate of drug-likeness (QED) is 0.588. The van der Waals surface area contributed by atoms with Crippen molar-refractivity contribution in [3.8, 4) is 0 Å². The van der Waals surface area contributed by atoms with Crippen LogP contribution in [0.3, 0.4) is 0 Å². The SMILES string of the molecule is [NH]c1cc(Cl)c(Cl)c(Cl)c1[NH]. The summed E-state index contributed by atoms with van der Waals surface area (Å²) in [5.74, 6) is 0. The van der Waals surface area contributed by atoms with Gasteiger partial charge in [-0.1, -0.05) is 34.8 Å². The topological polar surface area (TPSA) is 47.6 Å². The lowest BCUT2D eigenvalue weighted by atomic mass is 10.3. The molecule has 1 aromatic carbocycles. The highest BCUT2D eigenvalue weighted by atomic mass is 35.5. The molecule has 0 aliphatic carbocycles. The van der Waals surface area contributed by atoms with Crippen LogP contribution in [0.25, 0.3) is 0 Å². The van der Waals surface area contributed by atoms with Crippen molar-refractivity contribution in [3.05, 3.63) is 21.1 Å². The molecule has 1 rings (SSSR count). The van der Waals surface area contributed by atoms with Gasteiger partial charge in [0.2, 0.25) is 0 Å². The molecule has 0 saturated carbocycles. The molecule has 0 aliphatic heterocycles. The number of hydrogen-bond acceptors (Lipinski definition) is 0. The minimum absolute atomic E-state index is 0.0237. The van der Waals surface area contributed by atoms with Gasteiger partial charge in [0, 0.05) is 0 Å². The molecule has 0 atom stereocenters. The van der Waals surface area contributed by atoms with E-state index in [0.29, 0.717) is 0 Å². The first-order chi connectivity index (χ1) is 5.04. The predicted octanol–water partition coefficient (Wildman–Crippen LogP) is 3.48. The Morgan fingerprint density at radius 1 is 1.00 bits per heavy atom. The molecule has 0 amide bonds. The largest absolute Gasteiger partial charge is 0.299 e. The molecule has 0 aliphatic rings. The Hall–Kier alpha value is -0.310. The van der Waals surface area contributed by atoms with Crippen LogP contribution in [0.5, 0.6) is 0 Å². The minimum atomic E-state index is -0.0962. The fraction of sp³-hybridized carbons (Fsp3) is 0. The number of halogens is 3. The fourth-order valence-electron chi connectivity index (χ4n) is 0.595. The second-order valence-corrected chi connectivity index (χ2v) is 3.07. The van der Waals surface area contributed by atoms with Gasteiger partial charge in [0.1, 0.15) is 0 Å². The standard InChI is InChI=1S/C6H3Cl3N2/c7-2-1-3(10)6(11)5(9)4(2)8/h1,10-11H. The summed E-state index contributed by atoms with van der Waals surface area (Å²) >= 11 is 16.7. The van der Waals surface area contributed by atoms with Gasteiger partial charge in [-0.3, -0.25) is 11.5 Å². The lowest BCUT2D eigenvalue weighted by molar-refractivity contribution is 1.40. The van der Waals surface area contributed by atoms with E-state index in [1.807, 2.05) is 0 Å². The summed E-state index contributed by atoms with van der Waals surface area (Å²) in [4.78, 5) is 0. The highest BCUT2D eigenvalue weighted by Gasteiger charge is 2.10. The van der Waals surface area contributed by atoms with E-state index in [0.717, 1.165) is 0 Å². The highest BCUT2D eigenvalue weighted by molar-refractivity contribution is 6.49. The first-order valence-corrected chi connectivity index (χ1v) is 3.78. The summed E-state index contributed by atoms with van der Waals surface area (Å²) in [5.41, 5.74) is 14.3. The third-order valence-corrected chi connectivity index (χ3v) is 2.42. The van der Waals surface area contributed by atoms with E-state index in [-0.39, 0.29) is 26.4 Å². The molecule has 0 heterocycles. The molecular formula is C6H3Cl3N2. The van der Waals surface area contributed by atoms with Crippen LogP contribution in [0.1, 0.15) is 0 Å². The third kappa shape index (κ3) is 1.48. The molecule has 2 N–H and O–H groups in total. The number of rotatable bonds is 0. The van der Waals surface area contributed by atoms with Gasteiger partial charge in [-0.2, -0.15) is 0 Å². The summed E-state index contributed by atoms with van der Waals surface area (Å²) < 4.78 is 0. The van der Waals surface area contributed by atoms with E-state index in [4.69, 9.17) is 46.3 Å². The normalized spacial score (nSPS) is 10.1. The molecule has 0 bridgehead atoms. The van der Waals surface area contributed by atoms with Crippen molar-refractivity contribution < 1.29 is 0 Å². The monoisotopic (exact) mass is 208 g/mol. The molecule has 58 valence electrons. The van der Waals surface area contributed by atoms with E-state index >= 15 is 0 Å². The van der Waals surface area contributed by atoms with Crippen LogP contribution in [0.2, 0.25) is 15.1 Å². The molecule has 0 fully saturated rings. The molecule has 0 saturated heterocycles. The van der Waals surface area contributed by atoms with E-state index in [9.17, 15) is 0 Å². The van der Waals surface area contributed by atoms with E-state index in [1.165, 1.54) is 6.07 Å². The van der Waals surface area contributed by atoms with Crippen LogP contribution in [0.4, 0.5) is 11.4 Å². The van der Waals surface area contributed by atoms with Crippen LogP contribution >= 0.6 is 34.8 Å². The van der Waals surface area contributed by atoms with Gasteiger partial charge in [-0.05, 0) is 6.07 Å². The van der Waals surface area contributed by atoms with Crippen molar-refractivity contribution >= 4 is 46.2 Å². The molecular weight excluding hydrogens is 206 g/mol. The maximum atomic E-state index is 7.22. The van der Waals surface area contributed by atoms with Crippen molar-refractivity contribution in [3.63, 3.8) is 0 Å². The fourth-order valence-corrected chi connectivity index (χ4v) is 1.20. The zero-order valence-corrected chi connectivity index (χ0v) is 7.48. The van der Waals surface area contributed by atoms with Gasteiger partial charge in [-0.25, -0.2) is 0 Å². The average Bonchev–Trinajstić information content (AvgIpc) is 1.97. The summed E-state index contributed by atoms with van der Waals surface area (Å²) in [6.07, 6.45) is 0. The summed E-state index contributed by atoms with van der Waals surface area (Å²) in [6.45, 7) is 0. The number of benzene rings is 1. The van der Waals surface area contributed by atoms with Crippen LogP contribution in [0, 0.1) is 0 Å². The van der Waals surface area contributed by atoms with Crippen LogP contribution in [-0.4, -0.2) is 0 Å². The molecule has 2 radical (unpaired) electrons. The summed E-state index contributed by atoms with van der Waals surface area (Å²) in [6, 6.07) is 1.29. The zero-order chi connectivity index (χ0) is 8.59. The molecule has 0 unspecified atom stereocenters. The Morgan fingerprint density at radius 2 is 1.55 bits per heavy atom. The second kappa shape index (κ2) is 2.97. The molecule has 1 aromatic rings. The van der Waals surface area contributed by atoms with E-state index in [2.05, 4.69) is 0 Å². The lowest BCUT2D eigenvalue weighted by Gasteiger charge is -2.03. The molecule has 0 aromatic heterocycles. The van der Waals surface area contributed by atoms with Crippen molar-refractivity contribution in [2.45, 2.75) is 0 Å². The molecule has 0 spiro atoms. The van der Waals surface area contributed by atoms with E-state index in [1.54, 1.807) is 0 Å². The average molecular weight is 209 g/mol. The smallest absolute Gasteiger partial charge is 0.0992 e. The highest BCUT2D eigenvalue weighted by Crippen LogP contribution is 2.39. The molecule has 2 nitrogen and oxygen atoms in total. The van der Waals surface area contributed by atoms with Crippen LogP contribution in [0.15, 0.2) is 6.07 Å².